The smallest absolute Gasteiger partial charge is 0.126 e. The summed E-state index contributed by atoms with van der Waals surface area (Å²) in [5.74, 6) is -0.624. The third-order valence-electron chi connectivity index (χ3n) is 3.22. The van der Waals surface area contributed by atoms with Crippen LogP contribution in [0, 0.1) is 11.6 Å². The Kier molecular flexibility index (Phi) is 5.22. The third kappa shape index (κ3) is 4.79. The van der Waals surface area contributed by atoms with Crippen LogP contribution in [-0.4, -0.2) is 17.6 Å². The maximum atomic E-state index is 13.3. The van der Waals surface area contributed by atoms with Crippen LogP contribution in [-0.2, 0) is 12.8 Å². The van der Waals surface area contributed by atoms with E-state index in [9.17, 15) is 8.78 Å². The Morgan fingerprint density at radius 1 is 1.10 bits per heavy atom. The van der Waals surface area contributed by atoms with Crippen LogP contribution in [0.25, 0.3) is 0 Å². The third-order valence-corrected chi connectivity index (χ3v) is 3.22. The number of nitrogens with one attached hydrogen (secondary N) is 1. The molecule has 5 heteroatoms. The lowest BCUT2D eigenvalue weighted by atomic mass is 9.99. The molecular formula is C16H19F2N3. The van der Waals surface area contributed by atoms with Crippen molar-refractivity contribution in [3.63, 3.8) is 0 Å². The van der Waals surface area contributed by atoms with Gasteiger partial charge in [-0.2, -0.15) is 0 Å². The van der Waals surface area contributed by atoms with Crippen molar-refractivity contribution in [1.82, 2.24) is 10.3 Å². The molecule has 0 aliphatic rings. The minimum Gasteiger partial charge on any atom is -0.384 e. The number of rotatable bonds is 6. The predicted octanol–water partition coefficient (Wildman–Crippen LogP) is 2.71. The van der Waals surface area contributed by atoms with Crippen LogP contribution in [0.4, 0.5) is 14.6 Å². The monoisotopic (exact) mass is 291 g/mol. The summed E-state index contributed by atoms with van der Waals surface area (Å²) in [6, 6.07) is 7.42. The summed E-state index contributed by atoms with van der Waals surface area (Å²) in [5.41, 5.74) is 7.36. The molecule has 0 saturated carbocycles. The number of benzene rings is 1. The highest BCUT2D eigenvalue weighted by Gasteiger charge is 2.11. The van der Waals surface area contributed by atoms with E-state index in [1.165, 1.54) is 12.1 Å². The molecule has 0 saturated heterocycles. The summed E-state index contributed by atoms with van der Waals surface area (Å²) >= 11 is 0. The zero-order valence-electron chi connectivity index (χ0n) is 11.9. The van der Waals surface area contributed by atoms with Gasteiger partial charge in [-0.25, -0.2) is 13.8 Å². The van der Waals surface area contributed by atoms with Crippen LogP contribution in [0.3, 0.4) is 0 Å². The van der Waals surface area contributed by atoms with E-state index in [0.29, 0.717) is 17.8 Å². The van der Waals surface area contributed by atoms with E-state index in [-0.39, 0.29) is 6.04 Å². The highest BCUT2D eigenvalue weighted by molar-refractivity contribution is 5.32. The fraction of sp³-hybridized carbons (Fsp3) is 0.312. The highest BCUT2D eigenvalue weighted by Crippen LogP contribution is 2.13. The van der Waals surface area contributed by atoms with Crippen molar-refractivity contribution in [1.29, 1.82) is 0 Å². The average Bonchev–Trinajstić information content (AvgIpc) is 2.37. The van der Waals surface area contributed by atoms with Crippen LogP contribution >= 0.6 is 0 Å². The van der Waals surface area contributed by atoms with Crippen LogP contribution in [0.1, 0.15) is 18.1 Å². The summed E-state index contributed by atoms with van der Waals surface area (Å²) < 4.78 is 26.5. The molecule has 1 heterocycles. The van der Waals surface area contributed by atoms with Gasteiger partial charge >= 0.3 is 0 Å². The van der Waals surface area contributed by atoms with E-state index in [1.54, 1.807) is 6.20 Å². The van der Waals surface area contributed by atoms with Gasteiger partial charge in [-0.15, -0.1) is 0 Å². The molecular weight excluding hydrogens is 272 g/mol. The average molecular weight is 291 g/mol. The van der Waals surface area contributed by atoms with Gasteiger partial charge in [-0.3, -0.25) is 0 Å². The second-order valence-electron chi connectivity index (χ2n) is 5.03. The standard InChI is InChI=1S/C16H19F2N3/c1-2-20-15(7-11-3-4-21-16(19)9-11)8-12-5-13(17)10-14(18)6-12/h3-6,9-10,15,20H,2,7-8H2,1H3,(H2,19,21). The molecule has 2 aromatic rings. The maximum Gasteiger partial charge on any atom is 0.126 e. The first kappa shape index (κ1) is 15.4. The van der Waals surface area contributed by atoms with E-state index < -0.39 is 11.6 Å². The number of likely N-dealkylation sites (N-methyl/N-ethyl adjacent to an activating group) is 1. The lowest BCUT2D eigenvalue weighted by Crippen LogP contribution is -2.33. The topological polar surface area (TPSA) is 50.9 Å². The number of halogens is 2. The van der Waals surface area contributed by atoms with Gasteiger partial charge in [-0.1, -0.05) is 6.92 Å². The van der Waals surface area contributed by atoms with Gasteiger partial charge in [0.2, 0.25) is 0 Å². The number of nitrogens with zero attached hydrogens (tertiary/aromatic N) is 1. The molecule has 0 aliphatic heterocycles. The minimum atomic E-state index is -0.548. The second kappa shape index (κ2) is 7.13. The van der Waals surface area contributed by atoms with Gasteiger partial charge < -0.3 is 11.1 Å². The molecule has 1 aromatic carbocycles. The lowest BCUT2D eigenvalue weighted by molar-refractivity contribution is 0.515. The Morgan fingerprint density at radius 3 is 2.38 bits per heavy atom. The maximum absolute atomic E-state index is 13.3. The molecule has 0 bridgehead atoms. The highest BCUT2D eigenvalue weighted by atomic mass is 19.1. The molecule has 0 spiro atoms. The van der Waals surface area contributed by atoms with E-state index in [4.69, 9.17) is 5.73 Å². The van der Waals surface area contributed by atoms with Crippen molar-refractivity contribution in [3.8, 4) is 0 Å². The van der Waals surface area contributed by atoms with Gasteiger partial charge in [0.05, 0.1) is 0 Å². The summed E-state index contributed by atoms with van der Waals surface area (Å²) in [6.45, 7) is 2.78. The SMILES string of the molecule is CCNC(Cc1cc(F)cc(F)c1)Cc1ccnc(N)c1. The second-order valence-corrected chi connectivity index (χ2v) is 5.03. The zero-order chi connectivity index (χ0) is 15.2. The fourth-order valence-electron chi connectivity index (χ4n) is 2.42. The number of hydrogen-bond donors (Lipinski definition) is 2. The molecule has 0 amide bonds. The van der Waals surface area contributed by atoms with Gasteiger partial charge in [0, 0.05) is 18.3 Å². The Hall–Kier alpha value is -2.01. The van der Waals surface area contributed by atoms with Crippen molar-refractivity contribution in [2.75, 3.05) is 12.3 Å². The molecule has 3 N–H and O–H groups in total. The molecule has 112 valence electrons. The molecule has 1 unspecified atom stereocenters. The van der Waals surface area contributed by atoms with Crippen molar-refractivity contribution >= 4 is 5.82 Å². The van der Waals surface area contributed by atoms with Gasteiger partial charge in [0.25, 0.3) is 0 Å². The Morgan fingerprint density at radius 2 is 1.76 bits per heavy atom. The lowest BCUT2D eigenvalue weighted by Gasteiger charge is -2.18. The molecule has 0 aliphatic carbocycles. The zero-order valence-corrected chi connectivity index (χ0v) is 11.9. The summed E-state index contributed by atoms with van der Waals surface area (Å²) in [6.07, 6.45) is 2.93. The quantitative estimate of drug-likeness (QED) is 0.860. The number of pyridine rings is 1. The summed E-state index contributed by atoms with van der Waals surface area (Å²) in [4.78, 5) is 3.96. The number of hydrogen-bond acceptors (Lipinski definition) is 3. The van der Waals surface area contributed by atoms with Crippen LogP contribution in [0.15, 0.2) is 36.5 Å². The predicted molar refractivity (Wildman–Crippen MR) is 79.9 cm³/mol. The van der Waals surface area contributed by atoms with E-state index in [0.717, 1.165) is 24.6 Å². The molecule has 2 rings (SSSR count). The number of aromatic nitrogens is 1. The summed E-state index contributed by atoms with van der Waals surface area (Å²) in [5, 5.41) is 3.33. The van der Waals surface area contributed by atoms with E-state index in [2.05, 4.69) is 10.3 Å². The first-order valence-corrected chi connectivity index (χ1v) is 6.95. The Balaban J connectivity index is 2.11. The van der Waals surface area contributed by atoms with Gasteiger partial charge in [0.15, 0.2) is 0 Å². The number of anilines is 1. The van der Waals surface area contributed by atoms with Gasteiger partial charge in [-0.05, 0) is 54.8 Å². The molecule has 1 aromatic heterocycles. The Labute approximate surface area is 123 Å². The first-order chi connectivity index (χ1) is 10.1. The largest absolute Gasteiger partial charge is 0.384 e. The Bertz CT molecular complexity index is 582. The molecule has 3 nitrogen and oxygen atoms in total. The van der Waals surface area contributed by atoms with Gasteiger partial charge in [0.1, 0.15) is 17.5 Å². The van der Waals surface area contributed by atoms with Crippen molar-refractivity contribution in [2.45, 2.75) is 25.8 Å². The summed E-state index contributed by atoms with van der Waals surface area (Å²) in [7, 11) is 0. The molecule has 0 radical (unpaired) electrons. The van der Waals surface area contributed by atoms with Crippen molar-refractivity contribution in [3.05, 3.63) is 59.3 Å². The number of nitrogens with two attached hydrogens (primary N) is 1. The number of nitrogen functional groups attached to an aromatic ring is 1. The molecule has 1 atom stereocenters. The first-order valence-electron chi connectivity index (χ1n) is 6.95. The molecule has 0 fully saturated rings. The van der Waals surface area contributed by atoms with Crippen LogP contribution < -0.4 is 11.1 Å². The fourth-order valence-corrected chi connectivity index (χ4v) is 2.42. The van der Waals surface area contributed by atoms with Crippen LogP contribution in [0.5, 0.6) is 0 Å². The van der Waals surface area contributed by atoms with E-state index in [1.807, 2.05) is 19.1 Å². The van der Waals surface area contributed by atoms with Crippen molar-refractivity contribution < 1.29 is 8.78 Å². The molecule has 21 heavy (non-hydrogen) atoms. The normalized spacial score (nSPS) is 12.3. The van der Waals surface area contributed by atoms with E-state index >= 15 is 0 Å². The van der Waals surface area contributed by atoms with Crippen LogP contribution in [0.2, 0.25) is 0 Å². The van der Waals surface area contributed by atoms with Crippen molar-refractivity contribution in [2.24, 2.45) is 0 Å². The minimum absolute atomic E-state index is 0.0815.